The van der Waals surface area contributed by atoms with Gasteiger partial charge in [0, 0.05) is 23.8 Å². The Balaban J connectivity index is 0.00000256. The SMILES string of the molecule is CCn1cc(Br)cc1C(=O)NCCCCN.Cl. The molecule has 1 rings (SSSR count). The minimum atomic E-state index is -0.0235. The van der Waals surface area contributed by atoms with Crippen LogP contribution in [-0.2, 0) is 6.54 Å². The van der Waals surface area contributed by atoms with Crippen molar-refractivity contribution in [3.8, 4) is 0 Å². The Kier molecular flexibility index (Phi) is 8.29. The number of nitrogens with zero attached hydrogens (tertiary/aromatic N) is 1. The van der Waals surface area contributed by atoms with Gasteiger partial charge in [0.15, 0.2) is 0 Å². The van der Waals surface area contributed by atoms with Crippen molar-refractivity contribution < 1.29 is 4.79 Å². The highest BCUT2D eigenvalue weighted by atomic mass is 79.9. The van der Waals surface area contributed by atoms with Gasteiger partial charge in [0.1, 0.15) is 5.69 Å². The topological polar surface area (TPSA) is 60.0 Å². The molecule has 0 radical (unpaired) electrons. The van der Waals surface area contributed by atoms with Crippen LogP contribution < -0.4 is 11.1 Å². The number of carbonyl (C=O) groups excluding carboxylic acids is 1. The summed E-state index contributed by atoms with van der Waals surface area (Å²) in [4.78, 5) is 11.8. The summed E-state index contributed by atoms with van der Waals surface area (Å²) in [5.74, 6) is -0.0235. The van der Waals surface area contributed by atoms with E-state index in [1.807, 2.05) is 23.8 Å². The highest BCUT2D eigenvalue weighted by Crippen LogP contribution is 2.14. The van der Waals surface area contributed by atoms with Gasteiger partial charge in [-0.3, -0.25) is 4.79 Å². The Morgan fingerprint density at radius 3 is 2.82 bits per heavy atom. The first kappa shape index (κ1) is 16.5. The molecule has 0 aromatic carbocycles. The molecule has 0 fully saturated rings. The molecule has 0 spiro atoms. The predicted molar refractivity (Wildman–Crippen MR) is 75.7 cm³/mol. The first-order valence-corrected chi connectivity index (χ1v) is 6.32. The average Bonchev–Trinajstić information content (AvgIpc) is 2.65. The van der Waals surface area contributed by atoms with Crippen molar-refractivity contribution in [2.45, 2.75) is 26.3 Å². The molecular formula is C11H19BrClN3O. The van der Waals surface area contributed by atoms with Crippen LogP contribution in [0.1, 0.15) is 30.3 Å². The quantitative estimate of drug-likeness (QED) is 0.788. The van der Waals surface area contributed by atoms with Crippen molar-refractivity contribution in [2.24, 2.45) is 5.73 Å². The number of nitrogens with one attached hydrogen (secondary N) is 1. The second-order valence-corrected chi connectivity index (χ2v) is 4.50. The molecule has 1 heterocycles. The highest BCUT2D eigenvalue weighted by molar-refractivity contribution is 9.10. The number of nitrogens with two attached hydrogens (primary N) is 1. The van der Waals surface area contributed by atoms with Crippen LogP contribution in [-0.4, -0.2) is 23.6 Å². The molecule has 6 heteroatoms. The van der Waals surface area contributed by atoms with Crippen LogP contribution in [0.15, 0.2) is 16.7 Å². The van der Waals surface area contributed by atoms with Gasteiger partial charge < -0.3 is 15.6 Å². The van der Waals surface area contributed by atoms with E-state index in [1.165, 1.54) is 0 Å². The second-order valence-electron chi connectivity index (χ2n) is 3.58. The van der Waals surface area contributed by atoms with E-state index >= 15 is 0 Å². The van der Waals surface area contributed by atoms with Crippen LogP contribution in [0.25, 0.3) is 0 Å². The molecule has 1 aromatic heterocycles. The number of amides is 1. The Labute approximate surface area is 116 Å². The van der Waals surface area contributed by atoms with Crippen LogP contribution >= 0.6 is 28.3 Å². The molecule has 3 N–H and O–H groups in total. The third kappa shape index (κ3) is 5.10. The van der Waals surface area contributed by atoms with Crippen LogP contribution in [0.3, 0.4) is 0 Å². The van der Waals surface area contributed by atoms with Crippen LogP contribution in [0.5, 0.6) is 0 Å². The van der Waals surface area contributed by atoms with E-state index in [0.29, 0.717) is 18.8 Å². The van der Waals surface area contributed by atoms with Gasteiger partial charge in [-0.25, -0.2) is 0 Å². The number of hydrogen-bond donors (Lipinski definition) is 2. The molecular weight excluding hydrogens is 305 g/mol. The van der Waals surface area contributed by atoms with Gasteiger partial charge in [-0.15, -0.1) is 12.4 Å². The van der Waals surface area contributed by atoms with Gasteiger partial charge >= 0.3 is 0 Å². The smallest absolute Gasteiger partial charge is 0.267 e. The minimum Gasteiger partial charge on any atom is -0.351 e. The number of aromatic nitrogens is 1. The number of aryl methyl sites for hydroxylation is 1. The van der Waals surface area contributed by atoms with E-state index < -0.39 is 0 Å². The Hall–Kier alpha value is -0.520. The summed E-state index contributed by atoms with van der Waals surface area (Å²) in [7, 11) is 0. The van der Waals surface area contributed by atoms with Gasteiger partial charge in [-0.2, -0.15) is 0 Å². The Morgan fingerprint density at radius 1 is 1.53 bits per heavy atom. The molecule has 4 nitrogen and oxygen atoms in total. The molecule has 98 valence electrons. The molecule has 0 aliphatic carbocycles. The Bertz CT molecular complexity index is 354. The fourth-order valence-electron chi connectivity index (χ4n) is 1.49. The number of halogens is 2. The van der Waals surface area contributed by atoms with E-state index in [2.05, 4.69) is 21.2 Å². The number of hydrogen-bond acceptors (Lipinski definition) is 2. The Morgan fingerprint density at radius 2 is 2.24 bits per heavy atom. The molecule has 17 heavy (non-hydrogen) atoms. The molecule has 0 bridgehead atoms. The largest absolute Gasteiger partial charge is 0.351 e. The lowest BCUT2D eigenvalue weighted by Gasteiger charge is -2.07. The number of carbonyl (C=O) groups is 1. The molecule has 0 saturated carbocycles. The first-order chi connectivity index (χ1) is 7.69. The van der Waals surface area contributed by atoms with E-state index in [9.17, 15) is 4.79 Å². The van der Waals surface area contributed by atoms with Gasteiger partial charge in [0.25, 0.3) is 5.91 Å². The standard InChI is InChI=1S/C11H18BrN3O.ClH/c1-2-15-8-9(12)7-10(15)11(16)14-6-4-3-5-13;/h7-8H,2-6,13H2,1H3,(H,14,16);1H. The molecule has 1 amide bonds. The zero-order valence-electron chi connectivity index (χ0n) is 9.91. The van der Waals surface area contributed by atoms with Gasteiger partial charge in [0.2, 0.25) is 0 Å². The van der Waals surface area contributed by atoms with E-state index in [1.54, 1.807) is 0 Å². The predicted octanol–water partition coefficient (Wildman–Crippen LogP) is 2.16. The summed E-state index contributed by atoms with van der Waals surface area (Å²) in [5.41, 5.74) is 6.08. The fraction of sp³-hybridized carbons (Fsp3) is 0.545. The maximum atomic E-state index is 11.8. The van der Waals surface area contributed by atoms with Crippen molar-refractivity contribution >= 4 is 34.2 Å². The molecule has 0 unspecified atom stereocenters. The maximum Gasteiger partial charge on any atom is 0.267 e. The first-order valence-electron chi connectivity index (χ1n) is 5.53. The minimum absolute atomic E-state index is 0. The summed E-state index contributed by atoms with van der Waals surface area (Å²) in [6.45, 7) is 4.16. The molecule has 0 atom stereocenters. The zero-order chi connectivity index (χ0) is 12.0. The van der Waals surface area contributed by atoms with E-state index in [-0.39, 0.29) is 18.3 Å². The van der Waals surface area contributed by atoms with Gasteiger partial charge in [-0.1, -0.05) is 0 Å². The van der Waals surface area contributed by atoms with Crippen molar-refractivity contribution in [3.05, 3.63) is 22.4 Å². The normalized spacial score (nSPS) is 9.82. The van der Waals surface area contributed by atoms with Crippen molar-refractivity contribution in [1.29, 1.82) is 0 Å². The lowest BCUT2D eigenvalue weighted by atomic mass is 10.3. The van der Waals surface area contributed by atoms with Gasteiger partial charge in [-0.05, 0) is 48.3 Å². The lowest BCUT2D eigenvalue weighted by molar-refractivity contribution is 0.0944. The third-order valence-corrected chi connectivity index (χ3v) is 2.79. The van der Waals surface area contributed by atoms with Crippen LogP contribution in [0.4, 0.5) is 0 Å². The maximum absolute atomic E-state index is 11.8. The highest BCUT2D eigenvalue weighted by Gasteiger charge is 2.11. The summed E-state index contributed by atoms with van der Waals surface area (Å²) in [6.07, 6.45) is 3.78. The number of unbranched alkanes of at least 4 members (excludes halogenated alkanes) is 1. The molecule has 0 aliphatic rings. The average molecular weight is 325 g/mol. The fourth-order valence-corrected chi connectivity index (χ4v) is 1.95. The van der Waals surface area contributed by atoms with E-state index in [4.69, 9.17) is 5.73 Å². The summed E-state index contributed by atoms with van der Waals surface area (Å²) >= 11 is 3.37. The molecule has 0 aliphatic heterocycles. The monoisotopic (exact) mass is 323 g/mol. The summed E-state index contributed by atoms with van der Waals surface area (Å²) < 4.78 is 2.85. The molecule has 1 aromatic rings. The second kappa shape index (κ2) is 8.55. The molecule has 0 saturated heterocycles. The number of rotatable bonds is 6. The van der Waals surface area contributed by atoms with Crippen LogP contribution in [0.2, 0.25) is 0 Å². The van der Waals surface area contributed by atoms with Crippen molar-refractivity contribution in [2.75, 3.05) is 13.1 Å². The van der Waals surface area contributed by atoms with Gasteiger partial charge in [0.05, 0.1) is 0 Å². The third-order valence-electron chi connectivity index (χ3n) is 2.35. The van der Waals surface area contributed by atoms with Crippen LogP contribution in [0, 0.1) is 0 Å². The van der Waals surface area contributed by atoms with E-state index in [0.717, 1.165) is 23.9 Å². The zero-order valence-corrected chi connectivity index (χ0v) is 12.3. The summed E-state index contributed by atoms with van der Waals surface area (Å²) in [6, 6.07) is 1.84. The lowest BCUT2D eigenvalue weighted by Crippen LogP contribution is -2.27. The van der Waals surface area contributed by atoms with Crippen molar-refractivity contribution in [3.63, 3.8) is 0 Å². The summed E-state index contributed by atoms with van der Waals surface area (Å²) in [5, 5.41) is 2.89. The van der Waals surface area contributed by atoms with Crippen molar-refractivity contribution in [1.82, 2.24) is 9.88 Å².